The predicted molar refractivity (Wildman–Crippen MR) is 249 cm³/mol. The van der Waals surface area contributed by atoms with Crippen LogP contribution in [0.1, 0.15) is 98.2 Å². The van der Waals surface area contributed by atoms with Crippen LogP contribution in [0.5, 0.6) is 0 Å². The highest BCUT2D eigenvalue weighted by Crippen LogP contribution is 2.53. The summed E-state index contributed by atoms with van der Waals surface area (Å²) in [6.07, 6.45) is 2.23. The second kappa shape index (κ2) is 12.8. The molecular weight excluding hydrogens is 753 g/mol. The monoisotopic (exact) mass is 795 g/mol. The minimum atomic E-state index is -0.619. The zero-order chi connectivity index (χ0) is 42.4. The number of benzene rings is 8. The second-order valence-electron chi connectivity index (χ2n) is 17.5. The molecule has 0 fully saturated rings. The van der Waals surface area contributed by atoms with Crippen LogP contribution in [0, 0.1) is 20.8 Å². The first-order valence-electron chi connectivity index (χ1n) is 21.2. The molecule has 11 rings (SSSR count). The molecule has 2 aliphatic rings. The van der Waals surface area contributed by atoms with Gasteiger partial charge in [0.25, 0.3) is 23.6 Å². The maximum absolute atomic E-state index is 14.7. The van der Waals surface area contributed by atoms with Crippen LogP contribution in [0.4, 0.5) is 0 Å². The van der Waals surface area contributed by atoms with Crippen LogP contribution in [0.15, 0.2) is 103 Å². The van der Waals surface area contributed by atoms with Crippen molar-refractivity contribution in [1.29, 1.82) is 0 Å². The molecule has 1 atom stereocenters. The fraction of sp³-hybridized carbons (Fsp3) is 0.182. The molecule has 0 aromatic heterocycles. The molecule has 2 aliphatic heterocycles. The van der Waals surface area contributed by atoms with Gasteiger partial charge in [0.2, 0.25) is 0 Å². The SMILES string of the molecule is [CH2]c1cc2c3c(cc(C)c4c5ccc6c7c(C)cc8c9c(cc(-c%10ccccccccc%10)c(c%10ccc(c1c34)c5c6%10)c97)C(=O)N(C)C8=O)C(=O)N(C(C)(CC)CCC)C2=O. The second-order valence-corrected chi connectivity index (χ2v) is 17.5. The van der Waals surface area contributed by atoms with E-state index >= 15 is 0 Å². The Labute approximate surface area is 353 Å². The minimum absolute atomic E-state index is 0.239. The Bertz CT molecular complexity index is 3480. The lowest BCUT2D eigenvalue weighted by Crippen LogP contribution is -2.54. The Kier molecular flexibility index (Phi) is 7.78. The molecule has 4 amide bonds. The van der Waals surface area contributed by atoms with Gasteiger partial charge in [0, 0.05) is 45.6 Å². The lowest BCUT2D eigenvalue weighted by molar-refractivity contribution is 0.0375. The summed E-state index contributed by atoms with van der Waals surface area (Å²) in [5.41, 5.74) is 5.98. The molecule has 2 heterocycles. The van der Waals surface area contributed by atoms with Gasteiger partial charge >= 0.3 is 0 Å². The number of amides is 4. The smallest absolute Gasteiger partial charge is 0.261 e. The van der Waals surface area contributed by atoms with E-state index in [0.29, 0.717) is 39.4 Å². The molecule has 0 bridgehead atoms. The highest BCUT2D eigenvalue weighted by molar-refractivity contribution is 6.47. The maximum Gasteiger partial charge on any atom is 0.261 e. The number of nitrogens with zero attached hydrogens (tertiary/aromatic N) is 2. The van der Waals surface area contributed by atoms with E-state index in [1.807, 2.05) is 80.6 Å². The lowest BCUT2D eigenvalue weighted by atomic mass is 9.77. The van der Waals surface area contributed by atoms with Crippen molar-refractivity contribution in [2.24, 2.45) is 0 Å². The molecule has 1 unspecified atom stereocenters. The van der Waals surface area contributed by atoms with Gasteiger partial charge in [-0.25, -0.2) is 0 Å². The maximum atomic E-state index is 14.7. The molecule has 9 aromatic rings. The van der Waals surface area contributed by atoms with E-state index in [4.69, 9.17) is 0 Å². The molecule has 61 heavy (non-hydrogen) atoms. The van der Waals surface area contributed by atoms with E-state index < -0.39 is 5.54 Å². The van der Waals surface area contributed by atoms with Crippen LogP contribution >= 0.6 is 0 Å². The lowest BCUT2D eigenvalue weighted by Gasteiger charge is -2.42. The number of aryl methyl sites for hydroxylation is 2. The molecule has 0 saturated carbocycles. The van der Waals surface area contributed by atoms with Crippen molar-refractivity contribution in [2.45, 2.75) is 59.4 Å². The highest BCUT2D eigenvalue weighted by Gasteiger charge is 2.44. The van der Waals surface area contributed by atoms with Gasteiger partial charge in [-0.2, -0.15) is 0 Å². The van der Waals surface area contributed by atoms with E-state index in [0.717, 1.165) is 105 Å². The van der Waals surface area contributed by atoms with Crippen LogP contribution in [0.25, 0.3) is 86.5 Å². The van der Waals surface area contributed by atoms with Crippen molar-refractivity contribution in [3.05, 3.63) is 149 Å². The van der Waals surface area contributed by atoms with Gasteiger partial charge in [0.15, 0.2) is 0 Å². The number of fused-ring (bicyclic) bond motifs is 4. The van der Waals surface area contributed by atoms with Crippen molar-refractivity contribution in [3.8, 4) is 11.1 Å². The fourth-order valence-electron chi connectivity index (χ4n) is 11.2. The summed E-state index contributed by atoms with van der Waals surface area (Å²) in [4.78, 5) is 60.1. The minimum Gasteiger partial charge on any atom is -0.277 e. The van der Waals surface area contributed by atoms with Gasteiger partial charge in [-0.3, -0.25) is 29.0 Å². The quantitative estimate of drug-likeness (QED) is 0.0988. The average Bonchev–Trinajstić information content (AvgIpc) is 3.25. The molecular formula is C55H43N2O4. The van der Waals surface area contributed by atoms with Crippen molar-refractivity contribution in [2.75, 3.05) is 7.05 Å². The van der Waals surface area contributed by atoms with Crippen molar-refractivity contribution >= 4 is 99.0 Å². The molecule has 0 spiro atoms. The normalized spacial score (nSPS) is 15.2. The Hall–Kier alpha value is -6.92. The van der Waals surface area contributed by atoms with Gasteiger partial charge in [-0.05, 0) is 157 Å². The first-order valence-corrected chi connectivity index (χ1v) is 21.2. The Morgan fingerprint density at radius 1 is 0.492 bits per heavy atom. The Morgan fingerprint density at radius 3 is 1.46 bits per heavy atom. The van der Waals surface area contributed by atoms with E-state index in [9.17, 15) is 19.2 Å². The van der Waals surface area contributed by atoms with Gasteiger partial charge in [-0.15, -0.1) is 0 Å². The predicted octanol–water partition coefficient (Wildman–Crippen LogP) is 13.0. The number of imide groups is 2. The van der Waals surface area contributed by atoms with Crippen LogP contribution in [0.3, 0.4) is 0 Å². The summed E-state index contributed by atoms with van der Waals surface area (Å²) < 4.78 is 0. The summed E-state index contributed by atoms with van der Waals surface area (Å²) in [5.74, 6) is -1.12. The summed E-state index contributed by atoms with van der Waals surface area (Å²) in [6.45, 7) is 14.9. The van der Waals surface area contributed by atoms with Crippen LogP contribution in [-0.4, -0.2) is 46.0 Å². The van der Waals surface area contributed by atoms with Crippen LogP contribution in [0.2, 0.25) is 0 Å². The first-order chi connectivity index (χ1) is 29.4. The topological polar surface area (TPSA) is 74.8 Å². The molecule has 1 radical (unpaired) electrons. The standard InChI is InChI=1S/C55H43N2O4/c1-8-23-55(6,9-2)57-53(60)38-25-29(4)41-32-19-20-34-43-28(3)24-37-47-40(52(59)56(7)51(37)58)27-36(31-17-15-13-11-10-12-14-16-18-31)46(50(43)47)35-22-21-33(44(32)45(34)35)42-30(5)26-39(54(57)61)48(38)49(41)42/h10-22,24-27H,5,8-9,23H2,1-4,6-7H3. The number of hydrogen-bond acceptors (Lipinski definition) is 4. The fourth-order valence-corrected chi connectivity index (χ4v) is 11.2. The Morgan fingerprint density at radius 2 is 0.934 bits per heavy atom. The number of carbonyl (C=O) groups excluding carboxylic acids is 4. The molecule has 6 nitrogen and oxygen atoms in total. The van der Waals surface area contributed by atoms with Crippen molar-refractivity contribution in [3.63, 3.8) is 0 Å². The number of hydrogen-bond donors (Lipinski definition) is 0. The largest absolute Gasteiger partial charge is 0.277 e. The van der Waals surface area contributed by atoms with Gasteiger partial charge in [-0.1, -0.05) is 99.1 Å². The number of rotatable bonds is 5. The third kappa shape index (κ3) is 4.68. The van der Waals surface area contributed by atoms with Gasteiger partial charge in [0.05, 0.1) is 0 Å². The molecule has 9 aromatic carbocycles. The third-order valence-electron chi connectivity index (χ3n) is 14.1. The molecule has 297 valence electrons. The van der Waals surface area contributed by atoms with E-state index in [-0.39, 0.29) is 23.6 Å². The highest BCUT2D eigenvalue weighted by atomic mass is 16.2. The van der Waals surface area contributed by atoms with Gasteiger partial charge in [0.1, 0.15) is 0 Å². The number of carbonyl (C=O) groups is 4. The zero-order valence-corrected chi connectivity index (χ0v) is 35.2. The Balaban J connectivity index is 1.34. The molecule has 0 aliphatic carbocycles. The first kappa shape index (κ1) is 37.1. The molecule has 0 N–H and O–H groups in total. The third-order valence-corrected chi connectivity index (χ3v) is 14.1. The average molecular weight is 796 g/mol. The summed E-state index contributed by atoms with van der Waals surface area (Å²) >= 11 is 0. The summed E-state index contributed by atoms with van der Waals surface area (Å²) in [5, 5.41) is 13.4. The summed E-state index contributed by atoms with van der Waals surface area (Å²) in [7, 11) is 1.56. The van der Waals surface area contributed by atoms with Gasteiger partial charge < -0.3 is 0 Å². The van der Waals surface area contributed by atoms with E-state index in [1.54, 1.807) is 7.05 Å². The molecule has 0 saturated heterocycles. The zero-order valence-electron chi connectivity index (χ0n) is 35.2. The van der Waals surface area contributed by atoms with Crippen LogP contribution < -0.4 is 0 Å². The molecule has 6 heteroatoms. The van der Waals surface area contributed by atoms with Crippen LogP contribution in [-0.2, 0) is 0 Å². The van der Waals surface area contributed by atoms with E-state index in [1.165, 1.54) is 9.80 Å². The van der Waals surface area contributed by atoms with Crippen molar-refractivity contribution < 1.29 is 19.2 Å². The van der Waals surface area contributed by atoms with Crippen molar-refractivity contribution in [1.82, 2.24) is 9.80 Å². The van der Waals surface area contributed by atoms with E-state index in [2.05, 4.69) is 64.1 Å². The summed E-state index contributed by atoms with van der Waals surface area (Å²) in [6, 6.07) is 34.7.